The highest BCUT2D eigenvalue weighted by Crippen LogP contribution is 2.35. The van der Waals surface area contributed by atoms with E-state index < -0.39 is 0 Å². The molecule has 25 heavy (non-hydrogen) atoms. The van der Waals surface area contributed by atoms with Crippen molar-refractivity contribution in [2.45, 2.75) is 6.42 Å². The molecule has 0 atom stereocenters. The smallest absolute Gasteiger partial charge is 0.150 e. The topological polar surface area (TPSA) is 48.4 Å². The zero-order valence-electron chi connectivity index (χ0n) is 13.9. The van der Waals surface area contributed by atoms with Gasteiger partial charge in [-0.1, -0.05) is 6.07 Å². The first-order chi connectivity index (χ1) is 12.3. The second-order valence-electron chi connectivity index (χ2n) is 5.50. The SMILES string of the molecule is COc1ccc(-c2ccc3nccc(C=O)c3c2)c(OCCCCl)c1. The van der Waals surface area contributed by atoms with Crippen molar-refractivity contribution in [3.05, 3.63) is 54.2 Å². The van der Waals surface area contributed by atoms with Gasteiger partial charge in [0.1, 0.15) is 11.5 Å². The minimum absolute atomic E-state index is 0.526. The van der Waals surface area contributed by atoms with Crippen molar-refractivity contribution in [1.29, 1.82) is 0 Å². The normalized spacial score (nSPS) is 10.6. The van der Waals surface area contributed by atoms with Crippen molar-refractivity contribution in [1.82, 2.24) is 4.98 Å². The van der Waals surface area contributed by atoms with Gasteiger partial charge in [0.15, 0.2) is 6.29 Å². The van der Waals surface area contributed by atoms with Crippen LogP contribution in [0, 0.1) is 0 Å². The predicted octanol–water partition coefficient (Wildman–Crippen LogP) is 4.73. The highest BCUT2D eigenvalue weighted by Gasteiger charge is 2.11. The van der Waals surface area contributed by atoms with E-state index in [-0.39, 0.29) is 0 Å². The van der Waals surface area contributed by atoms with Crippen LogP contribution in [0.4, 0.5) is 0 Å². The molecule has 0 saturated carbocycles. The van der Waals surface area contributed by atoms with Crippen molar-refractivity contribution < 1.29 is 14.3 Å². The maximum Gasteiger partial charge on any atom is 0.150 e. The molecule has 0 aliphatic heterocycles. The molecule has 1 heterocycles. The van der Waals surface area contributed by atoms with E-state index in [1.54, 1.807) is 19.4 Å². The maximum absolute atomic E-state index is 11.3. The van der Waals surface area contributed by atoms with Crippen LogP contribution >= 0.6 is 11.6 Å². The van der Waals surface area contributed by atoms with Gasteiger partial charge >= 0.3 is 0 Å². The third-order valence-corrected chi connectivity index (χ3v) is 4.20. The van der Waals surface area contributed by atoms with E-state index in [1.807, 2.05) is 36.4 Å². The molecule has 1 aromatic heterocycles. The van der Waals surface area contributed by atoms with Crippen LogP contribution in [-0.4, -0.2) is 30.9 Å². The van der Waals surface area contributed by atoms with E-state index >= 15 is 0 Å². The Bertz CT molecular complexity index is 895. The lowest BCUT2D eigenvalue weighted by atomic mass is 10.0. The fourth-order valence-electron chi connectivity index (χ4n) is 2.66. The third kappa shape index (κ3) is 3.74. The van der Waals surface area contributed by atoms with Gasteiger partial charge in [-0.05, 0) is 42.3 Å². The van der Waals surface area contributed by atoms with Crippen LogP contribution < -0.4 is 9.47 Å². The number of pyridine rings is 1. The average molecular weight is 356 g/mol. The molecule has 4 nitrogen and oxygen atoms in total. The Balaban J connectivity index is 2.08. The van der Waals surface area contributed by atoms with Crippen molar-refractivity contribution >= 4 is 28.8 Å². The number of ether oxygens (including phenoxy) is 2. The number of fused-ring (bicyclic) bond motifs is 1. The van der Waals surface area contributed by atoms with Gasteiger partial charge in [-0.15, -0.1) is 11.6 Å². The largest absolute Gasteiger partial charge is 0.497 e. The van der Waals surface area contributed by atoms with Crippen LogP contribution in [-0.2, 0) is 0 Å². The molecule has 0 aliphatic rings. The molecule has 3 aromatic rings. The summed E-state index contributed by atoms with van der Waals surface area (Å²) in [6.07, 6.45) is 3.24. The second-order valence-corrected chi connectivity index (χ2v) is 5.88. The number of benzene rings is 2. The number of halogens is 1. The average Bonchev–Trinajstić information content (AvgIpc) is 2.67. The van der Waals surface area contributed by atoms with Gasteiger partial charge in [0.05, 0.1) is 19.2 Å². The zero-order chi connectivity index (χ0) is 17.6. The van der Waals surface area contributed by atoms with Crippen LogP contribution in [0.5, 0.6) is 11.5 Å². The van der Waals surface area contributed by atoms with Crippen molar-refractivity contribution in [2.24, 2.45) is 0 Å². The van der Waals surface area contributed by atoms with E-state index in [2.05, 4.69) is 4.98 Å². The molecule has 0 spiro atoms. The van der Waals surface area contributed by atoms with E-state index in [1.165, 1.54) is 0 Å². The second kappa shape index (κ2) is 7.99. The molecule has 0 amide bonds. The predicted molar refractivity (Wildman–Crippen MR) is 100.0 cm³/mol. The van der Waals surface area contributed by atoms with Gasteiger partial charge in [0, 0.05) is 34.7 Å². The number of methoxy groups -OCH3 is 1. The van der Waals surface area contributed by atoms with Crippen molar-refractivity contribution in [3.63, 3.8) is 0 Å². The summed E-state index contributed by atoms with van der Waals surface area (Å²) in [5.74, 6) is 1.99. The number of nitrogens with zero attached hydrogens (tertiary/aromatic N) is 1. The van der Waals surface area contributed by atoms with Gasteiger partial charge in [0.25, 0.3) is 0 Å². The first kappa shape index (κ1) is 17.2. The lowest BCUT2D eigenvalue weighted by Crippen LogP contribution is -2.00. The fraction of sp³-hybridized carbons (Fsp3) is 0.200. The van der Waals surface area contributed by atoms with Crippen LogP contribution in [0.25, 0.3) is 22.0 Å². The number of carbonyl (C=O) groups is 1. The lowest BCUT2D eigenvalue weighted by Gasteiger charge is -2.14. The first-order valence-corrected chi connectivity index (χ1v) is 8.51. The maximum atomic E-state index is 11.3. The number of hydrogen-bond donors (Lipinski definition) is 0. The van der Waals surface area contributed by atoms with Gasteiger partial charge in [-0.3, -0.25) is 9.78 Å². The van der Waals surface area contributed by atoms with Gasteiger partial charge in [-0.25, -0.2) is 0 Å². The Morgan fingerprint density at radius 2 is 2.04 bits per heavy atom. The van der Waals surface area contributed by atoms with Crippen LogP contribution in [0.2, 0.25) is 0 Å². The molecule has 5 heteroatoms. The Kier molecular flexibility index (Phi) is 5.51. The molecule has 0 fully saturated rings. The Labute approximate surface area is 151 Å². The number of alkyl halides is 1. The minimum atomic E-state index is 0.526. The molecule has 0 unspecified atom stereocenters. The van der Waals surface area contributed by atoms with E-state index in [0.717, 1.165) is 46.2 Å². The number of rotatable bonds is 7. The molecule has 0 radical (unpaired) electrons. The Morgan fingerprint density at radius 3 is 2.80 bits per heavy atom. The summed E-state index contributed by atoms with van der Waals surface area (Å²) in [5, 5.41) is 0.817. The molecule has 3 rings (SSSR count). The summed E-state index contributed by atoms with van der Waals surface area (Å²) in [6.45, 7) is 0.526. The number of carbonyl (C=O) groups excluding carboxylic acids is 1. The fourth-order valence-corrected chi connectivity index (χ4v) is 2.77. The highest BCUT2D eigenvalue weighted by atomic mass is 35.5. The number of hydrogen-bond acceptors (Lipinski definition) is 4. The molecule has 0 N–H and O–H groups in total. The van der Waals surface area contributed by atoms with Crippen molar-refractivity contribution in [2.75, 3.05) is 19.6 Å². The number of aldehydes is 1. The van der Waals surface area contributed by atoms with Gasteiger partial charge in [-0.2, -0.15) is 0 Å². The molecule has 128 valence electrons. The summed E-state index contributed by atoms with van der Waals surface area (Å²) >= 11 is 5.74. The summed E-state index contributed by atoms with van der Waals surface area (Å²) in [5.41, 5.74) is 3.28. The molecular formula is C20H18ClNO3. The third-order valence-electron chi connectivity index (χ3n) is 3.94. The summed E-state index contributed by atoms with van der Waals surface area (Å²) in [4.78, 5) is 15.6. The molecule has 0 bridgehead atoms. The number of aromatic nitrogens is 1. The zero-order valence-corrected chi connectivity index (χ0v) is 14.6. The molecule has 2 aromatic carbocycles. The minimum Gasteiger partial charge on any atom is -0.497 e. The van der Waals surface area contributed by atoms with Crippen molar-refractivity contribution in [3.8, 4) is 22.6 Å². The summed E-state index contributed by atoms with van der Waals surface area (Å²) < 4.78 is 11.2. The Hall–Kier alpha value is -2.59. The monoisotopic (exact) mass is 355 g/mol. The standard InChI is InChI=1S/C20H18ClNO3/c1-24-16-4-5-17(20(12-16)25-10-2-8-21)14-3-6-19-18(11-14)15(13-23)7-9-22-19/h3-7,9,11-13H,2,8,10H2,1H3. The van der Waals surface area contributed by atoms with Gasteiger partial charge < -0.3 is 9.47 Å². The van der Waals surface area contributed by atoms with E-state index in [9.17, 15) is 4.79 Å². The van der Waals surface area contributed by atoms with Gasteiger partial charge in [0.2, 0.25) is 0 Å². The summed E-state index contributed by atoms with van der Waals surface area (Å²) in [6, 6.07) is 13.3. The van der Waals surface area contributed by atoms with E-state index in [0.29, 0.717) is 18.1 Å². The first-order valence-electron chi connectivity index (χ1n) is 7.98. The highest BCUT2D eigenvalue weighted by molar-refractivity contribution is 6.17. The van der Waals surface area contributed by atoms with Crippen LogP contribution in [0.3, 0.4) is 0 Å². The summed E-state index contributed by atoms with van der Waals surface area (Å²) in [7, 11) is 1.62. The van der Waals surface area contributed by atoms with Crippen LogP contribution in [0.15, 0.2) is 48.7 Å². The quantitative estimate of drug-likeness (QED) is 0.349. The molecule has 0 saturated heterocycles. The lowest BCUT2D eigenvalue weighted by molar-refractivity contribution is 0.112. The Morgan fingerprint density at radius 1 is 1.16 bits per heavy atom. The van der Waals surface area contributed by atoms with Crippen LogP contribution in [0.1, 0.15) is 16.8 Å². The van der Waals surface area contributed by atoms with E-state index in [4.69, 9.17) is 21.1 Å². The molecular weight excluding hydrogens is 338 g/mol. The molecule has 0 aliphatic carbocycles.